The molecule has 0 saturated heterocycles. The number of rotatable bonds is 5. The van der Waals surface area contributed by atoms with Crippen LogP contribution in [0.3, 0.4) is 0 Å². The van der Waals surface area contributed by atoms with Gasteiger partial charge < -0.3 is 10.1 Å². The van der Waals surface area contributed by atoms with Crippen molar-refractivity contribution in [2.75, 3.05) is 13.7 Å². The second-order valence-corrected chi connectivity index (χ2v) is 4.11. The van der Waals surface area contributed by atoms with E-state index in [4.69, 9.17) is 4.74 Å². The number of ether oxygens (including phenoxy) is 1. The minimum Gasteiger partial charge on any atom is -0.383 e. The lowest BCUT2D eigenvalue weighted by molar-refractivity contribution is -0.117. The molecule has 0 radical (unpaired) electrons. The van der Waals surface area contributed by atoms with Gasteiger partial charge >= 0.3 is 0 Å². The van der Waals surface area contributed by atoms with E-state index in [0.717, 1.165) is 5.56 Å². The van der Waals surface area contributed by atoms with E-state index >= 15 is 0 Å². The fraction of sp³-hybridized carbons (Fsp3) is 0.357. The van der Waals surface area contributed by atoms with Gasteiger partial charge in [-0.1, -0.05) is 29.8 Å². The van der Waals surface area contributed by atoms with E-state index in [0.29, 0.717) is 6.61 Å². The predicted molar refractivity (Wildman–Crippen MR) is 69.7 cm³/mol. The molecule has 1 aromatic rings. The Labute approximate surface area is 102 Å². The summed E-state index contributed by atoms with van der Waals surface area (Å²) >= 11 is 0. The van der Waals surface area contributed by atoms with E-state index in [2.05, 4.69) is 5.32 Å². The van der Waals surface area contributed by atoms with E-state index in [1.54, 1.807) is 13.2 Å². The summed E-state index contributed by atoms with van der Waals surface area (Å²) in [6.45, 7) is 4.46. The standard InChI is InChI=1S/C14H19NO2/c1-11-4-6-13(7-5-11)8-9-14(16)15-12(2)10-17-3/h4-9,12H,10H2,1-3H3,(H,15,16)/b9-8+/t12-/m0/s1. The first-order chi connectivity index (χ1) is 8.11. The minimum atomic E-state index is -0.102. The average Bonchev–Trinajstić information content (AvgIpc) is 2.28. The van der Waals surface area contributed by atoms with Gasteiger partial charge in [0.15, 0.2) is 0 Å². The lowest BCUT2D eigenvalue weighted by Crippen LogP contribution is -2.34. The van der Waals surface area contributed by atoms with Crippen LogP contribution >= 0.6 is 0 Å². The number of amides is 1. The van der Waals surface area contributed by atoms with Gasteiger partial charge in [0.25, 0.3) is 0 Å². The topological polar surface area (TPSA) is 38.3 Å². The number of methoxy groups -OCH3 is 1. The number of aryl methyl sites for hydroxylation is 1. The van der Waals surface area contributed by atoms with Crippen molar-refractivity contribution < 1.29 is 9.53 Å². The van der Waals surface area contributed by atoms with Gasteiger partial charge in [-0.25, -0.2) is 0 Å². The molecule has 0 bridgehead atoms. The Balaban J connectivity index is 2.47. The molecule has 0 heterocycles. The number of benzene rings is 1. The highest BCUT2D eigenvalue weighted by atomic mass is 16.5. The molecule has 0 aromatic heterocycles. The van der Waals surface area contributed by atoms with Crippen molar-refractivity contribution in [3.8, 4) is 0 Å². The maximum atomic E-state index is 11.5. The van der Waals surface area contributed by atoms with Gasteiger partial charge in [-0.05, 0) is 25.5 Å². The Kier molecular flexibility index (Phi) is 5.43. The van der Waals surface area contributed by atoms with Crippen molar-refractivity contribution in [1.29, 1.82) is 0 Å². The van der Waals surface area contributed by atoms with Crippen LogP contribution < -0.4 is 5.32 Å². The van der Waals surface area contributed by atoms with Crippen molar-refractivity contribution >= 4 is 12.0 Å². The van der Waals surface area contributed by atoms with Crippen LogP contribution in [0.1, 0.15) is 18.1 Å². The van der Waals surface area contributed by atoms with Crippen LogP contribution in [-0.2, 0) is 9.53 Å². The summed E-state index contributed by atoms with van der Waals surface area (Å²) in [6.07, 6.45) is 3.34. The lowest BCUT2D eigenvalue weighted by atomic mass is 10.1. The summed E-state index contributed by atoms with van der Waals surface area (Å²) in [7, 11) is 1.62. The van der Waals surface area contributed by atoms with Crippen molar-refractivity contribution in [3.05, 3.63) is 41.5 Å². The van der Waals surface area contributed by atoms with Crippen LogP contribution in [0.5, 0.6) is 0 Å². The maximum absolute atomic E-state index is 11.5. The normalized spacial score (nSPS) is 12.6. The molecule has 0 spiro atoms. The molecule has 0 unspecified atom stereocenters. The molecular weight excluding hydrogens is 214 g/mol. The third-order valence-electron chi connectivity index (χ3n) is 2.31. The zero-order valence-electron chi connectivity index (χ0n) is 10.6. The van der Waals surface area contributed by atoms with E-state index < -0.39 is 0 Å². The highest BCUT2D eigenvalue weighted by Gasteiger charge is 2.02. The largest absolute Gasteiger partial charge is 0.383 e. The van der Waals surface area contributed by atoms with Crippen LogP contribution in [0.25, 0.3) is 6.08 Å². The molecule has 92 valence electrons. The van der Waals surface area contributed by atoms with Crippen LogP contribution in [0.2, 0.25) is 0 Å². The third-order valence-corrected chi connectivity index (χ3v) is 2.31. The summed E-state index contributed by atoms with van der Waals surface area (Å²) in [5.74, 6) is -0.102. The SMILES string of the molecule is COC[C@H](C)NC(=O)/C=C/c1ccc(C)cc1. The molecule has 0 aliphatic rings. The number of nitrogens with one attached hydrogen (secondary N) is 1. The van der Waals surface area contributed by atoms with Crippen LogP contribution in [0.4, 0.5) is 0 Å². The quantitative estimate of drug-likeness (QED) is 0.791. The zero-order chi connectivity index (χ0) is 12.7. The number of carbonyl (C=O) groups excluding carboxylic acids is 1. The van der Waals surface area contributed by atoms with Crippen LogP contribution in [0, 0.1) is 6.92 Å². The molecule has 3 heteroatoms. The number of hydrogen-bond acceptors (Lipinski definition) is 2. The molecule has 1 atom stereocenters. The number of hydrogen-bond donors (Lipinski definition) is 1. The Morgan fingerprint density at radius 3 is 2.65 bits per heavy atom. The Hall–Kier alpha value is -1.61. The summed E-state index contributed by atoms with van der Waals surface area (Å²) in [5.41, 5.74) is 2.23. The van der Waals surface area contributed by atoms with Gasteiger partial charge in [-0.3, -0.25) is 4.79 Å². The van der Waals surface area contributed by atoms with Gasteiger partial charge in [-0.2, -0.15) is 0 Å². The molecule has 3 nitrogen and oxygen atoms in total. The molecule has 17 heavy (non-hydrogen) atoms. The second kappa shape index (κ2) is 6.86. The minimum absolute atomic E-state index is 0.0233. The third kappa shape index (κ3) is 5.31. The molecule has 1 rings (SSSR count). The van der Waals surface area contributed by atoms with Gasteiger partial charge in [0.05, 0.1) is 6.61 Å². The Morgan fingerprint density at radius 1 is 1.41 bits per heavy atom. The highest BCUT2D eigenvalue weighted by Crippen LogP contribution is 2.04. The van der Waals surface area contributed by atoms with E-state index in [-0.39, 0.29) is 11.9 Å². The fourth-order valence-corrected chi connectivity index (χ4v) is 1.43. The molecular formula is C14H19NO2. The average molecular weight is 233 g/mol. The fourth-order valence-electron chi connectivity index (χ4n) is 1.43. The predicted octanol–water partition coefficient (Wildman–Crippen LogP) is 2.16. The summed E-state index contributed by atoms with van der Waals surface area (Å²) in [5, 5.41) is 2.81. The van der Waals surface area contributed by atoms with Crippen molar-refractivity contribution in [2.45, 2.75) is 19.9 Å². The second-order valence-electron chi connectivity index (χ2n) is 4.11. The van der Waals surface area contributed by atoms with Crippen molar-refractivity contribution in [2.24, 2.45) is 0 Å². The highest BCUT2D eigenvalue weighted by molar-refractivity contribution is 5.91. The van der Waals surface area contributed by atoms with Crippen molar-refractivity contribution in [3.63, 3.8) is 0 Å². The first-order valence-corrected chi connectivity index (χ1v) is 5.66. The maximum Gasteiger partial charge on any atom is 0.244 e. The smallest absolute Gasteiger partial charge is 0.244 e. The van der Waals surface area contributed by atoms with Gasteiger partial charge in [0, 0.05) is 19.2 Å². The molecule has 0 aliphatic carbocycles. The van der Waals surface area contributed by atoms with Gasteiger partial charge in [0.1, 0.15) is 0 Å². The molecule has 0 aliphatic heterocycles. The Morgan fingerprint density at radius 2 is 2.06 bits per heavy atom. The molecule has 1 aromatic carbocycles. The van der Waals surface area contributed by atoms with E-state index in [9.17, 15) is 4.79 Å². The first kappa shape index (κ1) is 13.5. The summed E-state index contributed by atoms with van der Waals surface area (Å²) < 4.78 is 4.94. The van der Waals surface area contributed by atoms with Crippen LogP contribution in [-0.4, -0.2) is 25.7 Å². The monoisotopic (exact) mass is 233 g/mol. The summed E-state index contributed by atoms with van der Waals surface area (Å²) in [4.78, 5) is 11.5. The van der Waals surface area contributed by atoms with Crippen molar-refractivity contribution in [1.82, 2.24) is 5.32 Å². The van der Waals surface area contributed by atoms with E-state index in [1.165, 1.54) is 11.6 Å². The van der Waals surface area contributed by atoms with E-state index in [1.807, 2.05) is 38.1 Å². The first-order valence-electron chi connectivity index (χ1n) is 5.66. The molecule has 0 saturated carbocycles. The molecule has 1 amide bonds. The Bertz CT molecular complexity index is 382. The number of carbonyl (C=O) groups is 1. The van der Waals surface area contributed by atoms with Gasteiger partial charge in [0.2, 0.25) is 5.91 Å². The lowest BCUT2D eigenvalue weighted by Gasteiger charge is -2.10. The van der Waals surface area contributed by atoms with Crippen LogP contribution in [0.15, 0.2) is 30.3 Å². The molecule has 1 N–H and O–H groups in total. The summed E-state index contributed by atoms with van der Waals surface area (Å²) in [6, 6.07) is 8.03. The zero-order valence-corrected chi connectivity index (χ0v) is 10.6. The van der Waals surface area contributed by atoms with Gasteiger partial charge in [-0.15, -0.1) is 0 Å². The molecule has 0 fully saturated rings.